The Morgan fingerprint density at radius 3 is 3.08 bits per heavy atom. The largest absolute Gasteiger partial charge is 0.325 e. The summed E-state index contributed by atoms with van der Waals surface area (Å²) in [6, 6.07) is 1.85. The van der Waals surface area contributed by atoms with E-state index < -0.39 is 0 Å². The van der Waals surface area contributed by atoms with Crippen LogP contribution in [0.2, 0.25) is 5.02 Å². The summed E-state index contributed by atoms with van der Waals surface area (Å²) < 4.78 is 2.93. The lowest BCUT2D eigenvalue weighted by molar-refractivity contribution is 1.02. The minimum atomic E-state index is 0.437. The third kappa shape index (κ3) is 1.43. The average Bonchev–Trinajstić information content (AvgIpc) is 2.55. The highest BCUT2D eigenvalue weighted by molar-refractivity contribution is 14.1. The number of pyridine rings is 1. The first-order valence-corrected chi connectivity index (χ1v) is 5.19. The molecule has 0 radical (unpaired) electrons. The number of imidazole rings is 1. The first-order valence-electron chi connectivity index (χ1n) is 3.73. The van der Waals surface area contributed by atoms with Crippen molar-refractivity contribution in [3.05, 3.63) is 32.9 Å². The second-order valence-corrected chi connectivity index (χ2v) is 4.11. The van der Waals surface area contributed by atoms with Gasteiger partial charge < -0.3 is 10.1 Å². The second-order valence-electron chi connectivity index (χ2n) is 2.63. The highest BCUT2D eigenvalue weighted by Gasteiger charge is 2.08. The van der Waals surface area contributed by atoms with E-state index in [1.807, 2.05) is 16.7 Å². The Bertz CT molecular complexity index is 452. The lowest BCUT2D eigenvalue weighted by atomic mass is 10.3. The van der Waals surface area contributed by atoms with Gasteiger partial charge in [-0.05, 0) is 28.7 Å². The van der Waals surface area contributed by atoms with Crippen molar-refractivity contribution in [2.75, 3.05) is 0 Å². The Labute approximate surface area is 94.0 Å². The fraction of sp³-hybridized carbons (Fsp3) is 0.125. The van der Waals surface area contributed by atoms with Crippen LogP contribution in [-0.4, -0.2) is 9.38 Å². The van der Waals surface area contributed by atoms with E-state index in [9.17, 15) is 0 Å². The summed E-state index contributed by atoms with van der Waals surface area (Å²) in [5.74, 6) is 0. The zero-order valence-electron chi connectivity index (χ0n) is 6.67. The van der Waals surface area contributed by atoms with Crippen molar-refractivity contribution in [3.8, 4) is 0 Å². The first-order chi connectivity index (χ1) is 6.24. The quantitative estimate of drug-likeness (QED) is 0.820. The average molecular weight is 308 g/mol. The van der Waals surface area contributed by atoms with Crippen molar-refractivity contribution >= 4 is 39.7 Å². The van der Waals surface area contributed by atoms with Gasteiger partial charge in [-0.25, -0.2) is 4.98 Å². The van der Waals surface area contributed by atoms with E-state index in [0.717, 1.165) is 19.8 Å². The third-order valence-corrected chi connectivity index (χ3v) is 3.59. The zero-order chi connectivity index (χ0) is 9.42. The van der Waals surface area contributed by atoms with Crippen LogP contribution in [0.15, 0.2) is 18.6 Å². The molecule has 13 heavy (non-hydrogen) atoms. The van der Waals surface area contributed by atoms with E-state index in [1.54, 1.807) is 6.33 Å². The van der Waals surface area contributed by atoms with Gasteiger partial charge in [0.25, 0.3) is 0 Å². The summed E-state index contributed by atoms with van der Waals surface area (Å²) in [5.41, 5.74) is 7.45. The number of halogens is 2. The molecule has 2 aromatic heterocycles. The smallest absolute Gasteiger partial charge is 0.0996 e. The van der Waals surface area contributed by atoms with Crippen molar-refractivity contribution < 1.29 is 0 Å². The Balaban J connectivity index is 2.85. The topological polar surface area (TPSA) is 43.3 Å². The normalized spacial score (nSPS) is 11.0. The molecule has 0 aliphatic heterocycles. The standard InChI is InChI=1S/C8H7ClIN3/c9-5-1-2-13-4-12-6(3-11)8(13)7(5)10/h1-2,4H,3,11H2. The number of hydrogen-bond donors (Lipinski definition) is 1. The predicted molar refractivity (Wildman–Crippen MR) is 60.8 cm³/mol. The molecular formula is C8H7ClIN3. The van der Waals surface area contributed by atoms with Gasteiger partial charge in [-0.2, -0.15) is 0 Å². The molecule has 2 aromatic rings. The molecular weight excluding hydrogens is 300 g/mol. The van der Waals surface area contributed by atoms with Crippen molar-refractivity contribution in [1.82, 2.24) is 9.38 Å². The Hall–Kier alpha value is -0.330. The van der Waals surface area contributed by atoms with Crippen molar-refractivity contribution in [2.45, 2.75) is 6.54 Å². The third-order valence-electron chi connectivity index (χ3n) is 1.86. The highest BCUT2D eigenvalue weighted by atomic mass is 127. The number of nitrogens with two attached hydrogens (primary N) is 1. The summed E-state index contributed by atoms with van der Waals surface area (Å²) in [4.78, 5) is 4.19. The van der Waals surface area contributed by atoms with Crippen LogP contribution in [0.1, 0.15) is 5.69 Å². The maximum absolute atomic E-state index is 5.98. The molecule has 0 saturated carbocycles. The summed E-state index contributed by atoms with van der Waals surface area (Å²) in [6.07, 6.45) is 3.63. The number of rotatable bonds is 1. The van der Waals surface area contributed by atoms with Crippen molar-refractivity contribution in [2.24, 2.45) is 5.73 Å². The van der Waals surface area contributed by atoms with Gasteiger partial charge in [0, 0.05) is 12.7 Å². The molecule has 0 aliphatic carbocycles. The zero-order valence-corrected chi connectivity index (χ0v) is 9.58. The maximum Gasteiger partial charge on any atom is 0.0996 e. The van der Waals surface area contributed by atoms with Crippen molar-refractivity contribution in [1.29, 1.82) is 0 Å². The Morgan fingerprint density at radius 2 is 2.38 bits per heavy atom. The molecule has 5 heteroatoms. The molecule has 0 aliphatic rings. The second kappa shape index (κ2) is 3.43. The van der Waals surface area contributed by atoms with Crippen LogP contribution in [0, 0.1) is 3.57 Å². The van der Waals surface area contributed by atoms with Crippen LogP contribution in [-0.2, 0) is 6.54 Å². The molecule has 0 amide bonds. The molecule has 0 spiro atoms. The minimum absolute atomic E-state index is 0.437. The van der Waals surface area contributed by atoms with E-state index in [1.165, 1.54) is 0 Å². The van der Waals surface area contributed by atoms with Crippen LogP contribution < -0.4 is 5.73 Å². The van der Waals surface area contributed by atoms with Crippen LogP contribution in [0.3, 0.4) is 0 Å². The number of aromatic nitrogens is 2. The molecule has 0 saturated heterocycles. The summed E-state index contributed by atoms with van der Waals surface area (Å²) >= 11 is 8.18. The molecule has 0 bridgehead atoms. The van der Waals surface area contributed by atoms with Crippen LogP contribution in [0.25, 0.3) is 5.52 Å². The Morgan fingerprint density at radius 1 is 1.62 bits per heavy atom. The minimum Gasteiger partial charge on any atom is -0.325 e. The molecule has 2 N–H and O–H groups in total. The molecule has 0 atom stereocenters. The van der Waals surface area contributed by atoms with Gasteiger partial charge in [-0.15, -0.1) is 0 Å². The molecule has 68 valence electrons. The van der Waals surface area contributed by atoms with Gasteiger partial charge in [0.1, 0.15) is 0 Å². The number of hydrogen-bond acceptors (Lipinski definition) is 2. The fourth-order valence-electron chi connectivity index (χ4n) is 1.23. The van der Waals surface area contributed by atoms with Gasteiger partial charge in [0.05, 0.1) is 26.1 Å². The monoisotopic (exact) mass is 307 g/mol. The first kappa shape index (κ1) is 9.23. The molecule has 0 unspecified atom stereocenters. The van der Waals surface area contributed by atoms with E-state index in [0.29, 0.717) is 6.54 Å². The SMILES string of the molecule is NCc1ncn2ccc(Cl)c(I)c12. The summed E-state index contributed by atoms with van der Waals surface area (Å²) in [6.45, 7) is 0.437. The number of nitrogens with zero attached hydrogens (tertiary/aromatic N) is 2. The summed E-state index contributed by atoms with van der Waals surface area (Å²) in [5, 5.41) is 0.739. The van der Waals surface area contributed by atoms with Crippen LogP contribution >= 0.6 is 34.2 Å². The Kier molecular flexibility index (Phi) is 2.44. The molecule has 0 aromatic carbocycles. The lowest BCUT2D eigenvalue weighted by Gasteiger charge is -2.00. The van der Waals surface area contributed by atoms with Gasteiger partial charge in [-0.1, -0.05) is 11.6 Å². The van der Waals surface area contributed by atoms with E-state index in [-0.39, 0.29) is 0 Å². The van der Waals surface area contributed by atoms with Gasteiger partial charge >= 0.3 is 0 Å². The molecule has 2 heterocycles. The van der Waals surface area contributed by atoms with E-state index in [2.05, 4.69) is 27.6 Å². The van der Waals surface area contributed by atoms with E-state index >= 15 is 0 Å². The molecule has 0 fully saturated rings. The van der Waals surface area contributed by atoms with Gasteiger partial charge in [0.15, 0.2) is 0 Å². The fourth-order valence-corrected chi connectivity index (χ4v) is 2.15. The van der Waals surface area contributed by atoms with Gasteiger partial charge in [0.2, 0.25) is 0 Å². The molecule has 2 rings (SSSR count). The number of fused-ring (bicyclic) bond motifs is 1. The lowest BCUT2D eigenvalue weighted by Crippen LogP contribution is -1.98. The molecule has 3 nitrogen and oxygen atoms in total. The van der Waals surface area contributed by atoms with Crippen LogP contribution in [0.4, 0.5) is 0 Å². The van der Waals surface area contributed by atoms with E-state index in [4.69, 9.17) is 17.3 Å². The van der Waals surface area contributed by atoms with Crippen molar-refractivity contribution in [3.63, 3.8) is 0 Å². The highest BCUT2D eigenvalue weighted by Crippen LogP contribution is 2.24. The summed E-state index contributed by atoms with van der Waals surface area (Å²) in [7, 11) is 0. The predicted octanol–water partition coefficient (Wildman–Crippen LogP) is 2.05. The van der Waals surface area contributed by atoms with Crippen LogP contribution in [0.5, 0.6) is 0 Å². The maximum atomic E-state index is 5.98. The van der Waals surface area contributed by atoms with Gasteiger partial charge in [-0.3, -0.25) is 0 Å².